The molecule has 0 spiro atoms. The van der Waals surface area contributed by atoms with Crippen LogP contribution in [0.3, 0.4) is 0 Å². The molecule has 2 aromatic heterocycles. The quantitative estimate of drug-likeness (QED) is 0.295. The molecular weight excluding hydrogens is 426 g/mol. The van der Waals surface area contributed by atoms with Crippen LogP contribution in [0.2, 0.25) is 0 Å². The van der Waals surface area contributed by atoms with E-state index in [0.29, 0.717) is 40.8 Å². The number of nitrogens with zero attached hydrogens (tertiary/aromatic N) is 4. The largest absolute Gasteiger partial charge is 0.497 e. The lowest BCUT2D eigenvalue weighted by atomic mass is 10.2. The summed E-state index contributed by atoms with van der Waals surface area (Å²) in [5.74, 6) is 2.10. The van der Waals surface area contributed by atoms with Gasteiger partial charge in [-0.15, -0.1) is 0 Å². The van der Waals surface area contributed by atoms with Crippen molar-refractivity contribution in [2.24, 2.45) is 4.99 Å². The third kappa shape index (κ3) is 6.61. The Morgan fingerprint density at radius 3 is 2.47 bits per heavy atom. The molecule has 0 aliphatic heterocycles. The number of nitrogens with one attached hydrogen (secondary N) is 3. The van der Waals surface area contributed by atoms with Crippen molar-refractivity contribution in [1.82, 2.24) is 20.3 Å². The van der Waals surface area contributed by atoms with Crippen LogP contribution in [-0.2, 0) is 6.54 Å². The van der Waals surface area contributed by atoms with Gasteiger partial charge in [0.1, 0.15) is 11.5 Å². The standard InChI is InChI=1S/C22H25N7O2S/c1-14-10-15(2)26-21(25-14)28-20(24-13-16-6-5-9-23-12-16)29-22(32)27-18-11-17(30-3)7-8-19(18)31-4/h5-12H,13H2,1-4H3,(H3,24,25,26,27,28,29,32). The van der Waals surface area contributed by atoms with Crippen LogP contribution in [0.25, 0.3) is 0 Å². The van der Waals surface area contributed by atoms with Crippen LogP contribution in [0, 0.1) is 13.8 Å². The number of aromatic nitrogens is 3. The third-order valence-corrected chi connectivity index (χ3v) is 4.45. The number of aliphatic imine (C=N–C) groups is 1. The van der Waals surface area contributed by atoms with Crippen molar-refractivity contribution >= 4 is 34.9 Å². The summed E-state index contributed by atoms with van der Waals surface area (Å²) in [6.07, 6.45) is 3.47. The lowest BCUT2D eigenvalue weighted by molar-refractivity contribution is 0.405. The molecule has 3 rings (SSSR count). The van der Waals surface area contributed by atoms with Gasteiger partial charge in [-0.1, -0.05) is 6.07 Å². The molecule has 3 aromatic rings. The van der Waals surface area contributed by atoms with Crippen LogP contribution in [0.5, 0.6) is 11.5 Å². The average molecular weight is 452 g/mol. The summed E-state index contributed by atoms with van der Waals surface area (Å²) >= 11 is 5.51. The fourth-order valence-corrected chi connectivity index (χ4v) is 3.04. The van der Waals surface area contributed by atoms with Crippen molar-refractivity contribution in [3.63, 3.8) is 0 Å². The van der Waals surface area contributed by atoms with E-state index in [2.05, 4.69) is 35.9 Å². The van der Waals surface area contributed by atoms with Gasteiger partial charge in [-0.05, 0) is 55.9 Å². The maximum atomic E-state index is 5.51. The molecule has 0 bridgehead atoms. The number of hydrogen-bond donors (Lipinski definition) is 3. The van der Waals surface area contributed by atoms with Crippen LogP contribution in [0.15, 0.2) is 53.8 Å². The minimum Gasteiger partial charge on any atom is -0.497 e. The van der Waals surface area contributed by atoms with E-state index in [-0.39, 0.29) is 0 Å². The second kappa shape index (κ2) is 11.0. The van der Waals surface area contributed by atoms with E-state index in [9.17, 15) is 0 Å². The molecule has 1 aromatic carbocycles. The number of rotatable bonds is 6. The highest BCUT2D eigenvalue weighted by Crippen LogP contribution is 2.28. The van der Waals surface area contributed by atoms with Crippen molar-refractivity contribution in [1.29, 1.82) is 0 Å². The Hall–Kier alpha value is -3.79. The van der Waals surface area contributed by atoms with Gasteiger partial charge < -0.3 is 20.1 Å². The second-order valence-corrected chi connectivity index (χ2v) is 7.18. The zero-order valence-corrected chi connectivity index (χ0v) is 19.2. The Bertz CT molecular complexity index is 1090. The Morgan fingerprint density at radius 1 is 1.03 bits per heavy atom. The second-order valence-electron chi connectivity index (χ2n) is 6.77. The number of anilines is 2. The molecule has 0 aliphatic carbocycles. The Balaban J connectivity index is 1.80. The Kier molecular flexibility index (Phi) is 7.87. The molecular formula is C22H25N7O2S. The summed E-state index contributed by atoms with van der Waals surface area (Å²) in [7, 11) is 3.18. The van der Waals surface area contributed by atoms with Crippen LogP contribution in [0.1, 0.15) is 17.0 Å². The predicted octanol–water partition coefficient (Wildman–Crippen LogP) is 3.46. The van der Waals surface area contributed by atoms with Gasteiger partial charge in [0.2, 0.25) is 11.9 Å². The molecule has 0 saturated heterocycles. The Labute approximate surface area is 192 Å². The predicted molar refractivity (Wildman–Crippen MR) is 129 cm³/mol. The van der Waals surface area contributed by atoms with Gasteiger partial charge in [0, 0.05) is 29.8 Å². The van der Waals surface area contributed by atoms with Crippen LogP contribution >= 0.6 is 12.2 Å². The summed E-state index contributed by atoms with van der Waals surface area (Å²) in [5.41, 5.74) is 3.28. The fourth-order valence-electron chi connectivity index (χ4n) is 2.83. The van der Waals surface area contributed by atoms with Crippen molar-refractivity contribution in [2.45, 2.75) is 20.4 Å². The smallest absolute Gasteiger partial charge is 0.229 e. The fraction of sp³-hybridized carbons (Fsp3) is 0.227. The molecule has 32 heavy (non-hydrogen) atoms. The maximum absolute atomic E-state index is 5.51. The highest BCUT2D eigenvalue weighted by Gasteiger charge is 2.10. The number of ether oxygens (including phenoxy) is 2. The maximum Gasteiger partial charge on any atom is 0.229 e. The SMILES string of the molecule is COc1ccc(OC)c(NC(=S)NC(=NCc2cccnc2)Nc2nc(C)cc(C)n2)c1. The van der Waals surface area contributed by atoms with Crippen molar-refractivity contribution < 1.29 is 9.47 Å². The zero-order chi connectivity index (χ0) is 22.9. The van der Waals surface area contributed by atoms with Gasteiger partial charge in [0.25, 0.3) is 0 Å². The third-order valence-electron chi connectivity index (χ3n) is 4.24. The van der Waals surface area contributed by atoms with Gasteiger partial charge in [-0.25, -0.2) is 15.0 Å². The number of aryl methyl sites for hydroxylation is 2. The molecule has 0 fully saturated rings. The van der Waals surface area contributed by atoms with E-state index in [1.807, 2.05) is 32.0 Å². The summed E-state index contributed by atoms with van der Waals surface area (Å²) in [6, 6.07) is 11.1. The zero-order valence-electron chi connectivity index (χ0n) is 18.3. The molecule has 9 nitrogen and oxygen atoms in total. The van der Waals surface area contributed by atoms with E-state index >= 15 is 0 Å². The molecule has 2 heterocycles. The van der Waals surface area contributed by atoms with E-state index in [1.54, 1.807) is 44.8 Å². The summed E-state index contributed by atoms with van der Waals surface area (Å²) in [6.45, 7) is 4.20. The number of benzene rings is 1. The van der Waals surface area contributed by atoms with Gasteiger partial charge in [0.15, 0.2) is 5.11 Å². The number of guanidine groups is 1. The normalized spacial score (nSPS) is 10.9. The van der Waals surface area contributed by atoms with Crippen molar-refractivity contribution in [2.75, 3.05) is 24.9 Å². The summed E-state index contributed by atoms with van der Waals surface area (Å²) in [4.78, 5) is 17.5. The number of methoxy groups -OCH3 is 2. The topological polar surface area (TPSA) is 106 Å². The van der Waals surface area contributed by atoms with Crippen molar-refractivity contribution in [3.05, 3.63) is 65.7 Å². The van der Waals surface area contributed by atoms with Gasteiger partial charge in [-0.2, -0.15) is 0 Å². The molecule has 0 amide bonds. The first kappa shape index (κ1) is 22.9. The van der Waals surface area contributed by atoms with E-state index in [4.69, 9.17) is 21.7 Å². The lowest BCUT2D eigenvalue weighted by Crippen LogP contribution is -2.39. The molecule has 0 aliphatic rings. The number of hydrogen-bond acceptors (Lipinski definition) is 7. The van der Waals surface area contributed by atoms with Gasteiger partial charge in [-0.3, -0.25) is 10.3 Å². The van der Waals surface area contributed by atoms with Gasteiger partial charge in [0.05, 0.1) is 26.5 Å². The van der Waals surface area contributed by atoms with Crippen LogP contribution in [-0.4, -0.2) is 40.2 Å². The summed E-state index contributed by atoms with van der Waals surface area (Å²) < 4.78 is 10.7. The van der Waals surface area contributed by atoms with Gasteiger partial charge >= 0.3 is 0 Å². The molecule has 0 saturated carbocycles. The first-order valence-corrected chi connectivity index (χ1v) is 10.2. The Morgan fingerprint density at radius 2 is 1.81 bits per heavy atom. The highest BCUT2D eigenvalue weighted by molar-refractivity contribution is 7.80. The molecule has 3 N–H and O–H groups in total. The molecule has 0 atom stereocenters. The molecule has 0 radical (unpaired) electrons. The van der Waals surface area contributed by atoms with E-state index in [1.165, 1.54) is 0 Å². The molecule has 10 heteroatoms. The minimum absolute atomic E-state index is 0.304. The highest BCUT2D eigenvalue weighted by atomic mass is 32.1. The molecule has 0 unspecified atom stereocenters. The van der Waals surface area contributed by atoms with E-state index in [0.717, 1.165) is 17.0 Å². The lowest BCUT2D eigenvalue weighted by Gasteiger charge is -2.16. The van der Waals surface area contributed by atoms with Crippen LogP contribution in [0.4, 0.5) is 11.6 Å². The van der Waals surface area contributed by atoms with Crippen molar-refractivity contribution in [3.8, 4) is 11.5 Å². The van der Waals surface area contributed by atoms with E-state index < -0.39 is 0 Å². The monoisotopic (exact) mass is 451 g/mol. The van der Waals surface area contributed by atoms with Crippen LogP contribution < -0.4 is 25.4 Å². The number of pyridine rings is 1. The average Bonchev–Trinajstić information content (AvgIpc) is 2.77. The molecule has 166 valence electrons. The summed E-state index contributed by atoms with van der Waals surface area (Å²) in [5, 5.41) is 9.60. The minimum atomic E-state index is 0.304. The first-order chi connectivity index (χ1) is 15.5. The first-order valence-electron chi connectivity index (χ1n) is 9.79. The number of thiocarbonyl (C=S) groups is 1.